The third-order valence-corrected chi connectivity index (χ3v) is 2.78. The van der Waals surface area contributed by atoms with Crippen molar-refractivity contribution in [3.8, 4) is 6.01 Å². The van der Waals surface area contributed by atoms with E-state index in [4.69, 9.17) is 4.74 Å². The summed E-state index contributed by atoms with van der Waals surface area (Å²) in [7, 11) is 0. The lowest BCUT2D eigenvalue weighted by atomic mass is 10.2. The molecule has 0 amide bonds. The summed E-state index contributed by atoms with van der Waals surface area (Å²) >= 11 is 0. The van der Waals surface area contributed by atoms with Crippen LogP contribution in [0.4, 0.5) is 0 Å². The van der Waals surface area contributed by atoms with Gasteiger partial charge in [-0.2, -0.15) is 4.68 Å². The molecule has 1 fully saturated rings. The highest BCUT2D eigenvalue weighted by atomic mass is 16.5. The molecule has 0 aliphatic carbocycles. The van der Waals surface area contributed by atoms with E-state index < -0.39 is 0 Å². The van der Waals surface area contributed by atoms with Crippen molar-refractivity contribution >= 4 is 0 Å². The second-order valence-electron chi connectivity index (χ2n) is 4.14. The standard InChI is InChI=1S/C10H19N5O/c1-2-3-7-16-10-12-13-14-15(10)8-9-5-4-6-11-9/h9,11H,2-8H2,1H3/t9-/m0/s1. The van der Waals surface area contributed by atoms with Crippen molar-refractivity contribution in [2.75, 3.05) is 13.2 Å². The Morgan fingerprint density at radius 3 is 3.25 bits per heavy atom. The van der Waals surface area contributed by atoms with Crippen molar-refractivity contribution in [3.05, 3.63) is 0 Å². The molecule has 2 heterocycles. The van der Waals surface area contributed by atoms with Crippen molar-refractivity contribution in [1.82, 2.24) is 25.5 Å². The first-order valence-corrected chi connectivity index (χ1v) is 6.02. The summed E-state index contributed by atoms with van der Waals surface area (Å²) in [5.41, 5.74) is 0. The van der Waals surface area contributed by atoms with E-state index in [1.54, 1.807) is 4.68 Å². The minimum atomic E-state index is 0.483. The molecule has 90 valence electrons. The zero-order chi connectivity index (χ0) is 11.2. The molecule has 0 bridgehead atoms. The van der Waals surface area contributed by atoms with E-state index >= 15 is 0 Å². The summed E-state index contributed by atoms with van der Waals surface area (Å²) < 4.78 is 7.28. The summed E-state index contributed by atoms with van der Waals surface area (Å²) in [6.07, 6.45) is 4.58. The number of nitrogens with one attached hydrogen (secondary N) is 1. The molecule has 2 rings (SSSR count). The number of hydrogen-bond donors (Lipinski definition) is 1. The minimum absolute atomic E-state index is 0.483. The Kier molecular flexibility index (Phi) is 4.10. The second kappa shape index (κ2) is 5.79. The molecule has 1 saturated heterocycles. The van der Waals surface area contributed by atoms with Crippen LogP contribution in [0.2, 0.25) is 0 Å². The summed E-state index contributed by atoms with van der Waals surface area (Å²) in [5.74, 6) is 0. The summed E-state index contributed by atoms with van der Waals surface area (Å²) in [6, 6.07) is 1.03. The average Bonchev–Trinajstić information content (AvgIpc) is 2.92. The number of ether oxygens (including phenoxy) is 1. The Morgan fingerprint density at radius 2 is 2.50 bits per heavy atom. The molecule has 1 aromatic rings. The van der Waals surface area contributed by atoms with Gasteiger partial charge in [0, 0.05) is 6.04 Å². The van der Waals surface area contributed by atoms with Gasteiger partial charge in [0.05, 0.1) is 13.2 Å². The molecule has 0 saturated carbocycles. The first kappa shape index (κ1) is 11.3. The summed E-state index contributed by atoms with van der Waals surface area (Å²) in [5, 5.41) is 14.9. The average molecular weight is 225 g/mol. The third kappa shape index (κ3) is 2.91. The van der Waals surface area contributed by atoms with Crippen LogP contribution in [0.15, 0.2) is 0 Å². The monoisotopic (exact) mass is 225 g/mol. The smallest absolute Gasteiger partial charge is 0.335 e. The van der Waals surface area contributed by atoms with Gasteiger partial charge in [-0.15, -0.1) is 0 Å². The largest absolute Gasteiger partial charge is 0.463 e. The highest BCUT2D eigenvalue weighted by Crippen LogP contribution is 2.10. The van der Waals surface area contributed by atoms with Gasteiger partial charge in [0.15, 0.2) is 0 Å². The summed E-state index contributed by atoms with van der Waals surface area (Å²) in [6.45, 7) is 4.72. The number of unbranched alkanes of at least 4 members (excludes halogenated alkanes) is 1. The van der Waals surface area contributed by atoms with E-state index in [0.29, 0.717) is 18.7 Å². The fraction of sp³-hybridized carbons (Fsp3) is 0.900. The Labute approximate surface area is 95.4 Å². The highest BCUT2D eigenvalue weighted by Gasteiger charge is 2.17. The third-order valence-electron chi connectivity index (χ3n) is 2.78. The van der Waals surface area contributed by atoms with Crippen LogP contribution < -0.4 is 10.1 Å². The van der Waals surface area contributed by atoms with Gasteiger partial charge in [0.25, 0.3) is 0 Å². The molecular formula is C10H19N5O. The predicted molar refractivity (Wildman–Crippen MR) is 59.2 cm³/mol. The zero-order valence-corrected chi connectivity index (χ0v) is 9.72. The lowest BCUT2D eigenvalue weighted by Gasteiger charge is -2.10. The number of hydrogen-bond acceptors (Lipinski definition) is 5. The van der Waals surface area contributed by atoms with Crippen LogP contribution in [-0.4, -0.2) is 39.4 Å². The molecule has 1 atom stereocenters. The van der Waals surface area contributed by atoms with E-state index in [1.807, 2.05) is 0 Å². The van der Waals surface area contributed by atoms with Crippen molar-refractivity contribution in [1.29, 1.82) is 0 Å². The predicted octanol–water partition coefficient (Wildman–Crippen LogP) is 0.604. The Balaban J connectivity index is 1.85. The highest BCUT2D eigenvalue weighted by molar-refractivity contribution is 4.89. The van der Waals surface area contributed by atoms with Crippen LogP contribution in [0.3, 0.4) is 0 Å². The molecule has 0 aromatic carbocycles. The number of rotatable bonds is 6. The second-order valence-corrected chi connectivity index (χ2v) is 4.14. The van der Waals surface area contributed by atoms with Gasteiger partial charge in [0.1, 0.15) is 0 Å². The van der Waals surface area contributed by atoms with E-state index in [9.17, 15) is 0 Å². The maximum absolute atomic E-state index is 5.53. The molecule has 1 aliphatic rings. The van der Waals surface area contributed by atoms with E-state index in [0.717, 1.165) is 25.9 Å². The van der Waals surface area contributed by atoms with E-state index in [2.05, 4.69) is 27.8 Å². The molecule has 1 aliphatic heterocycles. The van der Waals surface area contributed by atoms with Gasteiger partial charge < -0.3 is 10.1 Å². The molecule has 1 N–H and O–H groups in total. The van der Waals surface area contributed by atoms with Crippen LogP contribution >= 0.6 is 0 Å². The maximum Gasteiger partial charge on any atom is 0.335 e. The van der Waals surface area contributed by atoms with Crippen LogP contribution in [0.1, 0.15) is 32.6 Å². The van der Waals surface area contributed by atoms with Gasteiger partial charge in [-0.1, -0.05) is 18.4 Å². The molecule has 0 unspecified atom stereocenters. The molecule has 1 aromatic heterocycles. The van der Waals surface area contributed by atoms with Crippen LogP contribution in [0.5, 0.6) is 6.01 Å². The molecule has 6 nitrogen and oxygen atoms in total. The molecule has 6 heteroatoms. The Bertz CT molecular complexity index is 308. The van der Waals surface area contributed by atoms with E-state index in [-0.39, 0.29) is 0 Å². The Morgan fingerprint density at radius 1 is 1.56 bits per heavy atom. The van der Waals surface area contributed by atoms with Crippen LogP contribution in [0, 0.1) is 0 Å². The van der Waals surface area contributed by atoms with Crippen LogP contribution in [0.25, 0.3) is 0 Å². The molecular weight excluding hydrogens is 206 g/mol. The maximum atomic E-state index is 5.53. The minimum Gasteiger partial charge on any atom is -0.463 e. The molecule has 0 spiro atoms. The summed E-state index contributed by atoms with van der Waals surface area (Å²) in [4.78, 5) is 0. The fourth-order valence-electron chi connectivity index (χ4n) is 1.84. The Hall–Kier alpha value is -1.17. The quantitative estimate of drug-likeness (QED) is 0.718. The van der Waals surface area contributed by atoms with E-state index in [1.165, 1.54) is 12.8 Å². The zero-order valence-electron chi connectivity index (χ0n) is 9.72. The van der Waals surface area contributed by atoms with Crippen molar-refractivity contribution in [2.24, 2.45) is 0 Å². The topological polar surface area (TPSA) is 64.9 Å². The van der Waals surface area contributed by atoms with Gasteiger partial charge in [-0.05, 0) is 36.2 Å². The number of nitrogens with zero attached hydrogens (tertiary/aromatic N) is 4. The first-order valence-electron chi connectivity index (χ1n) is 6.02. The number of tetrazole rings is 1. The molecule has 16 heavy (non-hydrogen) atoms. The van der Waals surface area contributed by atoms with Crippen LogP contribution in [-0.2, 0) is 6.54 Å². The van der Waals surface area contributed by atoms with Gasteiger partial charge in [-0.25, -0.2) is 0 Å². The van der Waals surface area contributed by atoms with Gasteiger partial charge in [-0.3, -0.25) is 0 Å². The van der Waals surface area contributed by atoms with Crippen molar-refractivity contribution in [2.45, 2.75) is 45.2 Å². The first-order chi connectivity index (χ1) is 7.90. The normalized spacial score (nSPS) is 20.2. The SMILES string of the molecule is CCCCOc1nnnn1C[C@@H]1CCCN1. The lowest BCUT2D eigenvalue weighted by molar-refractivity contribution is 0.261. The van der Waals surface area contributed by atoms with Gasteiger partial charge in [0.2, 0.25) is 0 Å². The van der Waals surface area contributed by atoms with Crippen molar-refractivity contribution in [3.63, 3.8) is 0 Å². The number of aromatic nitrogens is 4. The van der Waals surface area contributed by atoms with Gasteiger partial charge >= 0.3 is 6.01 Å². The lowest BCUT2D eigenvalue weighted by Crippen LogP contribution is -2.27. The fourth-order valence-corrected chi connectivity index (χ4v) is 1.84. The van der Waals surface area contributed by atoms with Crippen molar-refractivity contribution < 1.29 is 4.74 Å². The molecule has 0 radical (unpaired) electrons.